The molecular formula is C12H18N2O3. The van der Waals surface area contributed by atoms with Gasteiger partial charge in [0, 0.05) is 18.7 Å². The number of hydrogen-bond donors (Lipinski definition) is 2. The molecule has 0 aliphatic heterocycles. The van der Waals surface area contributed by atoms with Crippen LogP contribution in [0.5, 0.6) is 5.75 Å². The molecule has 0 aliphatic carbocycles. The Labute approximate surface area is 101 Å². The Bertz CT molecular complexity index is 338. The zero-order chi connectivity index (χ0) is 12.5. The number of rotatable bonds is 7. The predicted octanol–water partition coefficient (Wildman–Crippen LogP) is 0.400. The minimum absolute atomic E-state index is 0.121. The van der Waals surface area contributed by atoms with Crippen molar-refractivity contribution >= 4 is 5.91 Å². The second kappa shape index (κ2) is 7.65. The molecule has 0 spiro atoms. The van der Waals surface area contributed by atoms with E-state index in [0.29, 0.717) is 31.9 Å². The molecule has 0 heterocycles. The lowest BCUT2D eigenvalue weighted by Gasteiger charge is -2.06. The fourth-order valence-corrected chi connectivity index (χ4v) is 1.27. The van der Waals surface area contributed by atoms with Crippen molar-refractivity contribution in [2.45, 2.75) is 0 Å². The van der Waals surface area contributed by atoms with Crippen molar-refractivity contribution in [1.82, 2.24) is 5.32 Å². The summed E-state index contributed by atoms with van der Waals surface area (Å²) in [4.78, 5) is 11.6. The van der Waals surface area contributed by atoms with Crippen LogP contribution in [0.3, 0.4) is 0 Å². The van der Waals surface area contributed by atoms with E-state index in [9.17, 15) is 4.79 Å². The Kier molecular flexibility index (Phi) is 6.06. The third-order valence-corrected chi connectivity index (χ3v) is 2.15. The van der Waals surface area contributed by atoms with Gasteiger partial charge in [-0.3, -0.25) is 4.79 Å². The third kappa shape index (κ3) is 4.84. The van der Waals surface area contributed by atoms with Crippen molar-refractivity contribution in [2.24, 2.45) is 5.73 Å². The van der Waals surface area contributed by atoms with Crippen molar-refractivity contribution in [2.75, 3.05) is 33.4 Å². The summed E-state index contributed by atoms with van der Waals surface area (Å²) in [5.41, 5.74) is 5.87. The van der Waals surface area contributed by atoms with Crippen LogP contribution in [-0.4, -0.2) is 39.3 Å². The predicted molar refractivity (Wildman–Crippen MR) is 65.2 cm³/mol. The second-order valence-corrected chi connectivity index (χ2v) is 3.39. The van der Waals surface area contributed by atoms with Gasteiger partial charge in [-0.2, -0.15) is 0 Å². The van der Waals surface area contributed by atoms with E-state index in [0.717, 1.165) is 5.75 Å². The molecule has 0 atom stereocenters. The molecule has 1 aromatic rings. The highest BCUT2D eigenvalue weighted by molar-refractivity contribution is 5.94. The number of amides is 1. The number of nitrogens with one attached hydrogen (secondary N) is 1. The van der Waals surface area contributed by atoms with Gasteiger partial charge in [-0.05, 0) is 24.3 Å². The lowest BCUT2D eigenvalue weighted by atomic mass is 10.2. The monoisotopic (exact) mass is 238 g/mol. The van der Waals surface area contributed by atoms with E-state index < -0.39 is 0 Å². The van der Waals surface area contributed by atoms with E-state index in [1.54, 1.807) is 31.4 Å². The van der Waals surface area contributed by atoms with E-state index in [1.165, 1.54) is 0 Å². The fraction of sp³-hybridized carbons (Fsp3) is 0.417. The molecule has 0 fully saturated rings. The summed E-state index contributed by atoms with van der Waals surface area (Å²) in [5, 5.41) is 2.75. The number of hydrogen-bond acceptors (Lipinski definition) is 4. The maximum Gasteiger partial charge on any atom is 0.251 e. The molecule has 5 nitrogen and oxygen atoms in total. The summed E-state index contributed by atoms with van der Waals surface area (Å²) >= 11 is 0. The zero-order valence-corrected chi connectivity index (χ0v) is 9.94. The van der Waals surface area contributed by atoms with Gasteiger partial charge < -0.3 is 20.5 Å². The second-order valence-electron chi connectivity index (χ2n) is 3.39. The molecule has 0 saturated heterocycles. The molecule has 0 aromatic heterocycles. The largest absolute Gasteiger partial charge is 0.497 e. The van der Waals surface area contributed by atoms with Gasteiger partial charge in [-0.15, -0.1) is 0 Å². The van der Waals surface area contributed by atoms with E-state index in [1.807, 2.05) is 0 Å². The van der Waals surface area contributed by atoms with Gasteiger partial charge in [0.1, 0.15) is 5.75 Å². The summed E-state index contributed by atoms with van der Waals surface area (Å²) in [6.45, 7) is 1.95. The summed E-state index contributed by atoms with van der Waals surface area (Å²) in [6, 6.07) is 6.93. The number of nitrogens with two attached hydrogens (primary N) is 1. The van der Waals surface area contributed by atoms with Gasteiger partial charge in [0.25, 0.3) is 5.91 Å². The first-order valence-corrected chi connectivity index (χ1v) is 5.48. The highest BCUT2D eigenvalue weighted by Gasteiger charge is 2.04. The van der Waals surface area contributed by atoms with Gasteiger partial charge in [0.15, 0.2) is 0 Å². The standard InChI is InChI=1S/C12H18N2O3/c1-16-11-4-2-10(3-5-11)12(15)14-7-9-17-8-6-13/h2-5H,6-9,13H2,1H3,(H,14,15). The van der Waals surface area contributed by atoms with Crippen molar-refractivity contribution < 1.29 is 14.3 Å². The maximum absolute atomic E-state index is 11.6. The quantitative estimate of drug-likeness (QED) is 0.674. The van der Waals surface area contributed by atoms with Crippen LogP contribution in [-0.2, 0) is 4.74 Å². The average Bonchev–Trinajstić information content (AvgIpc) is 2.38. The number of benzene rings is 1. The van der Waals surface area contributed by atoms with Crippen molar-refractivity contribution in [1.29, 1.82) is 0 Å². The number of methoxy groups -OCH3 is 1. The minimum atomic E-state index is -0.121. The van der Waals surface area contributed by atoms with Crippen LogP contribution in [0.15, 0.2) is 24.3 Å². The van der Waals surface area contributed by atoms with Gasteiger partial charge in [0.2, 0.25) is 0 Å². The Morgan fingerprint density at radius 3 is 2.59 bits per heavy atom. The molecule has 1 rings (SSSR count). The molecule has 94 valence electrons. The molecule has 3 N–H and O–H groups in total. The molecule has 1 aromatic carbocycles. The first kappa shape index (κ1) is 13.5. The lowest BCUT2D eigenvalue weighted by molar-refractivity contribution is 0.0920. The average molecular weight is 238 g/mol. The van der Waals surface area contributed by atoms with Crippen molar-refractivity contribution in [3.63, 3.8) is 0 Å². The third-order valence-electron chi connectivity index (χ3n) is 2.15. The van der Waals surface area contributed by atoms with Crippen LogP contribution in [0.2, 0.25) is 0 Å². The Morgan fingerprint density at radius 1 is 1.29 bits per heavy atom. The molecule has 0 unspecified atom stereocenters. The van der Waals surface area contributed by atoms with E-state index in [-0.39, 0.29) is 5.91 Å². The normalized spacial score (nSPS) is 10.0. The Morgan fingerprint density at radius 2 is 2.00 bits per heavy atom. The fourth-order valence-electron chi connectivity index (χ4n) is 1.27. The zero-order valence-electron chi connectivity index (χ0n) is 9.94. The first-order chi connectivity index (χ1) is 8.27. The van der Waals surface area contributed by atoms with Gasteiger partial charge >= 0.3 is 0 Å². The number of carbonyl (C=O) groups excluding carboxylic acids is 1. The lowest BCUT2D eigenvalue weighted by Crippen LogP contribution is -2.27. The van der Waals surface area contributed by atoms with E-state index >= 15 is 0 Å². The summed E-state index contributed by atoms with van der Waals surface area (Å²) in [5.74, 6) is 0.608. The topological polar surface area (TPSA) is 73.6 Å². The molecule has 5 heteroatoms. The molecule has 0 bridgehead atoms. The Hall–Kier alpha value is -1.59. The maximum atomic E-state index is 11.6. The molecule has 1 amide bonds. The first-order valence-electron chi connectivity index (χ1n) is 5.48. The van der Waals surface area contributed by atoms with Crippen LogP contribution in [0.25, 0.3) is 0 Å². The van der Waals surface area contributed by atoms with Gasteiger partial charge in [0.05, 0.1) is 20.3 Å². The van der Waals surface area contributed by atoms with Crippen LogP contribution in [0.1, 0.15) is 10.4 Å². The number of carbonyl (C=O) groups is 1. The highest BCUT2D eigenvalue weighted by atomic mass is 16.5. The molecule has 0 radical (unpaired) electrons. The van der Waals surface area contributed by atoms with Crippen LogP contribution < -0.4 is 15.8 Å². The van der Waals surface area contributed by atoms with Gasteiger partial charge in [-0.1, -0.05) is 0 Å². The van der Waals surface area contributed by atoms with Crippen molar-refractivity contribution in [3.8, 4) is 5.75 Å². The van der Waals surface area contributed by atoms with Crippen molar-refractivity contribution in [3.05, 3.63) is 29.8 Å². The summed E-state index contributed by atoms with van der Waals surface area (Å²) in [7, 11) is 1.59. The molecule has 17 heavy (non-hydrogen) atoms. The Balaban J connectivity index is 2.31. The van der Waals surface area contributed by atoms with Crippen LogP contribution in [0.4, 0.5) is 0 Å². The minimum Gasteiger partial charge on any atom is -0.497 e. The molecule has 0 saturated carbocycles. The summed E-state index contributed by atoms with van der Waals surface area (Å²) in [6.07, 6.45) is 0. The smallest absolute Gasteiger partial charge is 0.251 e. The van der Waals surface area contributed by atoms with Gasteiger partial charge in [-0.25, -0.2) is 0 Å². The SMILES string of the molecule is COc1ccc(C(=O)NCCOCCN)cc1. The highest BCUT2D eigenvalue weighted by Crippen LogP contribution is 2.10. The summed E-state index contributed by atoms with van der Waals surface area (Å²) < 4.78 is 10.2. The molecular weight excluding hydrogens is 220 g/mol. The van der Waals surface area contributed by atoms with Crippen LogP contribution in [0, 0.1) is 0 Å². The van der Waals surface area contributed by atoms with E-state index in [4.69, 9.17) is 15.2 Å². The number of ether oxygens (including phenoxy) is 2. The van der Waals surface area contributed by atoms with Crippen LogP contribution >= 0.6 is 0 Å². The van der Waals surface area contributed by atoms with E-state index in [2.05, 4.69) is 5.32 Å². The molecule has 0 aliphatic rings.